The quantitative estimate of drug-likeness (QED) is 0.884. The molecule has 0 bridgehead atoms. The molecular formula is C16H25N5. The van der Waals surface area contributed by atoms with Crippen molar-refractivity contribution < 1.29 is 0 Å². The minimum atomic E-state index is 0.616. The SMILES string of the molecule is CCCn1cc(NCc2cn(C3CCCC3)nc2C)cn1. The van der Waals surface area contributed by atoms with Crippen LogP contribution in [-0.4, -0.2) is 19.6 Å². The summed E-state index contributed by atoms with van der Waals surface area (Å²) < 4.78 is 4.16. The van der Waals surface area contributed by atoms with E-state index in [1.54, 1.807) is 0 Å². The molecule has 5 heteroatoms. The zero-order valence-electron chi connectivity index (χ0n) is 13.0. The Morgan fingerprint density at radius 2 is 2.10 bits per heavy atom. The third-order valence-corrected chi connectivity index (χ3v) is 4.29. The zero-order valence-corrected chi connectivity index (χ0v) is 13.0. The maximum atomic E-state index is 4.70. The van der Waals surface area contributed by atoms with Gasteiger partial charge >= 0.3 is 0 Å². The second-order valence-electron chi connectivity index (χ2n) is 6.00. The summed E-state index contributed by atoms with van der Waals surface area (Å²) in [6, 6.07) is 0.616. The summed E-state index contributed by atoms with van der Waals surface area (Å²) in [5, 5.41) is 12.5. The van der Waals surface area contributed by atoms with Gasteiger partial charge in [-0.1, -0.05) is 19.8 Å². The Labute approximate surface area is 126 Å². The Morgan fingerprint density at radius 1 is 1.29 bits per heavy atom. The van der Waals surface area contributed by atoms with Crippen LogP contribution in [0.2, 0.25) is 0 Å². The van der Waals surface area contributed by atoms with Gasteiger partial charge in [-0.3, -0.25) is 9.36 Å². The molecular weight excluding hydrogens is 262 g/mol. The summed E-state index contributed by atoms with van der Waals surface area (Å²) in [5.41, 5.74) is 3.50. The lowest BCUT2D eigenvalue weighted by Crippen LogP contribution is -2.05. The number of nitrogens with zero attached hydrogens (tertiary/aromatic N) is 4. The molecule has 2 heterocycles. The smallest absolute Gasteiger partial charge is 0.0729 e. The Bertz CT molecular complexity index is 577. The van der Waals surface area contributed by atoms with Crippen LogP contribution in [0.15, 0.2) is 18.6 Å². The molecule has 0 aliphatic heterocycles. The van der Waals surface area contributed by atoms with Crippen LogP contribution in [0, 0.1) is 6.92 Å². The molecule has 1 aliphatic carbocycles. The summed E-state index contributed by atoms with van der Waals surface area (Å²) in [4.78, 5) is 0. The normalized spacial score (nSPS) is 15.7. The number of hydrogen-bond acceptors (Lipinski definition) is 3. The number of anilines is 1. The molecule has 3 rings (SSSR count). The topological polar surface area (TPSA) is 47.7 Å². The number of hydrogen-bond donors (Lipinski definition) is 1. The monoisotopic (exact) mass is 287 g/mol. The fourth-order valence-electron chi connectivity index (χ4n) is 3.05. The van der Waals surface area contributed by atoms with Crippen LogP contribution in [0.4, 0.5) is 5.69 Å². The first-order valence-corrected chi connectivity index (χ1v) is 8.07. The largest absolute Gasteiger partial charge is 0.378 e. The van der Waals surface area contributed by atoms with Crippen molar-refractivity contribution in [3.05, 3.63) is 29.8 Å². The fraction of sp³-hybridized carbons (Fsp3) is 0.625. The molecule has 1 N–H and O–H groups in total. The van der Waals surface area contributed by atoms with Crippen molar-refractivity contribution in [2.24, 2.45) is 0 Å². The molecule has 0 atom stereocenters. The van der Waals surface area contributed by atoms with E-state index in [2.05, 4.69) is 41.3 Å². The average Bonchev–Trinajstić information content (AvgIpc) is 3.17. The fourth-order valence-corrected chi connectivity index (χ4v) is 3.05. The Balaban J connectivity index is 1.61. The van der Waals surface area contributed by atoms with E-state index in [1.807, 2.05) is 10.9 Å². The molecule has 2 aromatic rings. The number of aryl methyl sites for hydroxylation is 2. The van der Waals surface area contributed by atoms with Gasteiger partial charge in [0.2, 0.25) is 0 Å². The van der Waals surface area contributed by atoms with E-state index in [0.717, 1.165) is 30.9 Å². The molecule has 0 unspecified atom stereocenters. The van der Waals surface area contributed by atoms with E-state index in [0.29, 0.717) is 6.04 Å². The van der Waals surface area contributed by atoms with Crippen LogP contribution in [0.3, 0.4) is 0 Å². The second-order valence-corrected chi connectivity index (χ2v) is 6.00. The van der Waals surface area contributed by atoms with Crippen molar-refractivity contribution in [1.82, 2.24) is 19.6 Å². The maximum Gasteiger partial charge on any atom is 0.0729 e. The van der Waals surface area contributed by atoms with Crippen LogP contribution in [-0.2, 0) is 13.1 Å². The molecule has 1 saturated carbocycles. The highest BCUT2D eigenvalue weighted by atomic mass is 15.3. The molecule has 21 heavy (non-hydrogen) atoms. The van der Waals surface area contributed by atoms with E-state index >= 15 is 0 Å². The minimum absolute atomic E-state index is 0.616. The first kappa shape index (κ1) is 14.2. The van der Waals surface area contributed by atoms with Crippen molar-refractivity contribution in [3.8, 4) is 0 Å². The molecule has 2 aromatic heterocycles. The van der Waals surface area contributed by atoms with Crippen LogP contribution in [0.1, 0.15) is 56.3 Å². The van der Waals surface area contributed by atoms with Gasteiger partial charge in [-0.2, -0.15) is 10.2 Å². The van der Waals surface area contributed by atoms with Gasteiger partial charge in [0, 0.05) is 31.0 Å². The summed E-state index contributed by atoms with van der Waals surface area (Å²) in [6.07, 6.45) is 12.5. The van der Waals surface area contributed by atoms with Crippen LogP contribution in [0.5, 0.6) is 0 Å². The standard InChI is InChI=1S/C16H25N5/c1-3-8-20-12-15(10-18-20)17-9-14-11-21(19-13(14)2)16-6-4-5-7-16/h10-12,16-17H,3-9H2,1-2H3. The van der Waals surface area contributed by atoms with E-state index in [-0.39, 0.29) is 0 Å². The lowest BCUT2D eigenvalue weighted by Gasteiger charge is -2.08. The predicted octanol–water partition coefficient (Wildman–Crippen LogP) is 3.53. The highest BCUT2D eigenvalue weighted by Crippen LogP contribution is 2.29. The van der Waals surface area contributed by atoms with E-state index in [1.165, 1.54) is 31.2 Å². The second kappa shape index (κ2) is 6.33. The molecule has 114 valence electrons. The van der Waals surface area contributed by atoms with Crippen LogP contribution >= 0.6 is 0 Å². The number of aromatic nitrogens is 4. The molecule has 0 amide bonds. The van der Waals surface area contributed by atoms with E-state index in [9.17, 15) is 0 Å². The molecule has 1 fully saturated rings. The van der Waals surface area contributed by atoms with Crippen molar-refractivity contribution in [2.45, 2.75) is 65.1 Å². The average molecular weight is 287 g/mol. The number of rotatable bonds is 6. The van der Waals surface area contributed by atoms with Crippen molar-refractivity contribution in [2.75, 3.05) is 5.32 Å². The molecule has 0 spiro atoms. The zero-order chi connectivity index (χ0) is 14.7. The lowest BCUT2D eigenvalue weighted by atomic mass is 10.2. The van der Waals surface area contributed by atoms with Crippen molar-refractivity contribution >= 4 is 5.69 Å². The highest BCUT2D eigenvalue weighted by Gasteiger charge is 2.18. The molecule has 0 radical (unpaired) electrons. The highest BCUT2D eigenvalue weighted by molar-refractivity contribution is 5.39. The lowest BCUT2D eigenvalue weighted by molar-refractivity contribution is 0.464. The summed E-state index contributed by atoms with van der Waals surface area (Å²) in [7, 11) is 0. The Morgan fingerprint density at radius 3 is 2.86 bits per heavy atom. The summed E-state index contributed by atoms with van der Waals surface area (Å²) in [5.74, 6) is 0. The van der Waals surface area contributed by atoms with Gasteiger partial charge in [0.1, 0.15) is 0 Å². The minimum Gasteiger partial charge on any atom is -0.378 e. The van der Waals surface area contributed by atoms with Gasteiger partial charge in [-0.15, -0.1) is 0 Å². The van der Waals surface area contributed by atoms with Crippen molar-refractivity contribution in [1.29, 1.82) is 0 Å². The first-order valence-electron chi connectivity index (χ1n) is 8.07. The molecule has 1 aliphatic rings. The van der Waals surface area contributed by atoms with Crippen LogP contribution < -0.4 is 5.32 Å². The summed E-state index contributed by atoms with van der Waals surface area (Å²) in [6.45, 7) is 6.05. The van der Waals surface area contributed by atoms with Crippen molar-refractivity contribution in [3.63, 3.8) is 0 Å². The molecule has 0 aromatic carbocycles. The summed E-state index contributed by atoms with van der Waals surface area (Å²) >= 11 is 0. The number of nitrogens with one attached hydrogen (secondary N) is 1. The van der Waals surface area contributed by atoms with Gasteiger partial charge in [0.05, 0.1) is 23.6 Å². The third-order valence-electron chi connectivity index (χ3n) is 4.29. The Kier molecular flexibility index (Phi) is 4.27. The molecule has 0 saturated heterocycles. The predicted molar refractivity (Wildman–Crippen MR) is 84.3 cm³/mol. The van der Waals surface area contributed by atoms with Gasteiger partial charge in [0.15, 0.2) is 0 Å². The van der Waals surface area contributed by atoms with Gasteiger partial charge in [-0.25, -0.2) is 0 Å². The van der Waals surface area contributed by atoms with Gasteiger partial charge in [-0.05, 0) is 26.2 Å². The van der Waals surface area contributed by atoms with Gasteiger partial charge < -0.3 is 5.32 Å². The Hall–Kier alpha value is -1.78. The van der Waals surface area contributed by atoms with Crippen LogP contribution in [0.25, 0.3) is 0 Å². The third kappa shape index (κ3) is 3.28. The van der Waals surface area contributed by atoms with E-state index in [4.69, 9.17) is 5.10 Å². The van der Waals surface area contributed by atoms with E-state index < -0.39 is 0 Å². The molecule has 5 nitrogen and oxygen atoms in total. The maximum absolute atomic E-state index is 4.70. The van der Waals surface area contributed by atoms with Gasteiger partial charge in [0.25, 0.3) is 0 Å². The first-order chi connectivity index (χ1) is 10.3.